The molecule has 13 heavy (non-hydrogen) atoms. The summed E-state index contributed by atoms with van der Waals surface area (Å²) < 4.78 is 13.2. The van der Waals surface area contributed by atoms with Gasteiger partial charge < -0.3 is 0 Å². The van der Waals surface area contributed by atoms with Crippen molar-refractivity contribution in [3.8, 4) is 0 Å². The Morgan fingerprint density at radius 1 is 1.54 bits per heavy atom. The number of benzene rings is 1. The van der Waals surface area contributed by atoms with Crippen LogP contribution in [-0.4, -0.2) is 11.6 Å². The second-order valence-electron chi connectivity index (χ2n) is 2.76. The molecule has 0 fully saturated rings. The van der Waals surface area contributed by atoms with Crippen LogP contribution in [0.25, 0.3) is 0 Å². The van der Waals surface area contributed by atoms with Crippen LogP contribution < -0.4 is 5.84 Å². The molecule has 1 aromatic rings. The molecule has 0 radical (unpaired) electrons. The number of nitrogens with zero attached hydrogens (tertiary/aromatic N) is 1. The molecule has 1 aromatic carbocycles. The minimum Gasteiger partial charge on any atom is -0.268 e. The first-order valence-corrected chi connectivity index (χ1v) is 4.45. The van der Waals surface area contributed by atoms with Gasteiger partial charge in [0.15, 0.2) is 0 Å². The van der Waals surface area contributed by atoms with Crippen molar-refractivity contribution in [1.29, 1.82) is 0 Å². The van der Waals surface area contributed by atoms with Crippen molar-refractivity contribution in [2.75, 3.05) is 6.54 Å². The third-order valence-electron chi connectivity index (χ3n) is 1.83. The van der Waals surface area contributed by atoms with Gasteiger partial charge in [0.2, 0.25) is 0 Å². The fourth-order valence-electron chi connectivity index (χ4n) is 0.998. The quantitative estimate of drug-likeness (QED) is 0.601. The average Bonchev–Trinajstić information content (AvgIpc) is 2.11. The summed E-state index contributed by atoms with van der Waals surface area (Å²) in [5.41, 5.74) is 0.452. The van der Waals surface area contributed by atoms with Gasteiger partial charge >= 0.3 is 0 Å². The Morgan fingerprint density at radius 3 is 2.77 bits per heavy atom. The van der Waals surface area contributed by atoms with Gasteiger partial charge in [0.1, 0.15) is 5.82 Å². The zero-order chi connectivity index (χ0) is 9.84. The summed E-state index contributed by atoms with van der Waals surface area (Å²) in [6.45, 7) is 2.89. The van der Waals surface area contributed by atoms with E-state index in [4.69, 9.17) is 17.4 Å². The second kappa shape index (κ2) is 4.56. The third kappa shape index (κ3) is 2.66. The molecule has 0 spiro atoms. The Morgan fingerprint density at radius 2 is 2.23 bits per heavy atom. The van der Waals surface area contributed by atoms with E-state index >= 15 is 0 Å². The van der Waals surface area contributed by atoms with Crippen LogP contribution in [0.5, 0.6) is 0 Å². The lowest BCUT2D eigenvalue weighted by Gasteiger charge is -2.14. The molecule has 0 heterocycles. The van der Waals surface area contributed by atoms with Crippen LogP contribution in [0.4, 0.5) is 4.39 Å². The zero-order valence-corrected chi connectivity index (χ0v) is 8.18. The van der Waals surface area contributed by atoms with Gasteiger partial charge in [-0.05, 0) is 12.1 Å². The molecule has 0 saturated heterocycles. The summed E-state index contributed by atoms with van der Waals surface area (Å²) in [4.78, 5) is 0. The van der Waals surface area contributed by atoms with Gasteiger partial charge in [-0.1, -0.05) is 24.6 Å². The van der Waals surface area contributed by atoms with E-state index in [1.54, 1.807) is 12.1 Å². The van der Waals surface area contributed by atoms with Gasteiger partial charge in [0.25, 0.3) is 0 Å². The summed E-state index contributed by atoms with van der Waals surface area (Å²) >= 11 is 5.81. The van der Waals surface area contributed by atoms with Gasteiger partial charge in [-0.25, -0.2) is 9.40 Å². The summed E-state index contributed by atoms with van der Waals surface area (Å²) in [6.07, 6.45) is 0. The fraction of sp³-hybridized carbons (Fsp3) is 0.333. The largest absolute Gasteiger partial charge is 0.268 e. The maximum atomic E-state index is 13.2. The normalized spacial score (nSPS) is 10.8. The monoisotopic (exact) mass is 202 g/mol. The summed E-state index contributed by atoms with van der Waals surface area (Å²) in [5, 5.41) is 1.92. The summed E-state index contributed by atoms with van der Waals surface area (Å²) in [7, 11) is 0. The van der Waals surface area contributed by atoms with Crippen molar-refractivity contribution in [3.05, 3.63) is 34.6 Å². The SMILES string of the molecule is CCN(N)Cc1c(F)cccc1Cl. The van der Waals surface area contributed by atoms with E-state index in [-0.39, 0.29) is 5.82 Å². The second-order valence-corrected chi connectivity index (χ2v) is 3.17. The lowest BCUT2D eigenvalue weighted by Crippen LogP contribution is -2.30. The van der Waals surface area contributed by atoms with E-state index in [2.05, 4.69) is 0 Å². The average molecular weight is 203 g/mol. The van der Waals surface area contributed by atoms with Crippen molar-refractivity contribution in [2.24, 2.45) is 5.84 Å². The molecule has 0 aliphatic carbocycles. The molecule has 4 heteroatoms. The lowest BCUT2D eigenvalue weighted by molar-refractivity contribution is 0.286. The molecule has 0 aromatic heterocycles. The van der Waals surface area contributed by atoms with Crippen molar-refractivity contribution >= 4 is 11.6 Å². The fourth-order valence-corrected chi connectivity index (χ4v) is 1.22. The molecular formula is C9H12ClFN2. The standard InChI is InChI=1S/C9H12ClFN2/c1-2-13(12)6-7-8(10)4-3-5-9(7)11/h3-5H,2,6,12H2,1H3. The topological polar surface area (TPSA) is 29.3 Å². The van der Waals surface area contributed by atoms with Gasteiger partial charge in [-0.3, -0.25) is 5.84 Å². The summed E-state index contributed by atoms with van der Waals surface area (Å²) in [5.74, 6) is 5.24. The highest BCUT2D eigenvalue weighted by atomic mass is 35.5. The van der Waals surface area contributed by atoms with E-state index in [0.29, 0.717) is 23.7 Å². The molecule has 1 rings (SSSR count). The Labute approximate surface area is 82.1 Å². The first kappa shape index (κ1) is 10.4. The molecule has 2 N–H and O–H groups in total. The predicted octanol–water partition coefficient (Wildman–Crippen LogP) is 2.17. The molecule has 0 aliphatic rings. The molecule has 2 nitrogen and oxygen atoms in total. The number of rotatable bonds is 3. The van der Waals surface area contributed by atoms with Crippen molar-refractivity contribution in [3.63, 3.8) is 0 Å². The third-order valence-corrected chi connectivity index (χ3v) is 2.18. The number of hydrogen-bond donors (Lipinski definition) is 1. The van der Waals surface area contributed by atoms with Gasteiger partial charge in [-0.15, -0.1) is 0 Å². The first-order valence-electron chi connectivity index (χ1n) is 4.07. The molecule has 0 atom stereocenters. The highest BCUT2D eigenvalue weighted by Crippen LogP contribution is 2.19. The molecule has 0 amide bonds. The smallest absolute Gasteiger partial charge is 0.129 e. The molecule has 0 unspecified atom stereocenters. The van der Waals surface area contributed by atoms with Gasteiger partial charge in [0, 0.05) is 23.7 Å². The number of nitrogens with two attached hydrogens (primary N) is 1. The van der Waals surface area contributed by atoms with Crippen LogP contribution in [-0.2, 0) is 6.54 Å². The summed E-state index contributed by atoms with van der Waals surface area (Å²) in [6, 6.07) is 4.61. The van der Waals surface area contributed by atoms with Gasteiger partial charge in [-0.2, -0.15) is 0 Å². The maximum absolute atomic E-state index is 13.2. The molecule has 0 saturated carbocycles. The van der Waals surface area contributed by atoms with Crippen LogP contribution in [0.2, 0.25) is 5.02 Å². The molecule has 72 valence electrons. The Kier molecular flexibility index (Phi) is 3.66. The van der Waals surface area contributed by atoms with E-state index in [1.807, 2.05) is 6.92 Å². The van der Waals surface area contributed by atoms with Crippen LogP contribution in [0.15, 0.2) is 18.2 Å². The number of hydrazine groups is 1. The number of halogens is 2. The van der Waals surface area contributed by atoms with Crippen molar-refractivity contribution < 1.29 is 4.39 Å². The highest BCUT2D eigenvalue weighted by Gasteiger charge is 2.08. The Balaban J connectivity index is 2.87. The van der Waals surface area contributed by atoms with E-state index in [1.165, 1.54) is 11.1 Å². The molecular weight excluding hydrogens is 191 g/mol. The van der Waals surface area contributed by atoms with E-state index in [0.717, 1.165) is 0 Å². The minimum atomic E-state index is -0.309. The van der Waals surface area contributed by atoms with Crippen LogP contribution in [0.3, 0.4) is 0 Å². The zero-order valence-electron chi connectivity index (χ0n) is 7.43. The van der Waals surface area contributed by atoms with Crippen LogP contribution in [0.1, 0.15) is 12.5 Å². The van der Waals surface area contributed by atoms with Crippen molar-refractivity contribution in [2.45, 2.75) is 13.5 Å². The predicted molar refractivity (Wildman–Crippen MR) is 51.7 cm³/mol. The van der Waals surface area contributed by atoms with Gasteiger partial charge in [0.05, 0.1) is 0 Å². The Bertz CT molecular complexity index is 271. The van der Waals surface area contributed by atoms with Crippen molar-refractivity contribution in [1.82, 2.24) is 5.01 Å². The first-order chi connectivity index (χ1) is 6.15. The lowest BCUT2D eigenvalue weighted by atomic mass is 10.2. The molecule has 0 bridgehead atoms. The maximum Gasteiger partial charge on any atom is 0.129 e. The van der Waals surface area contributed by atoms with Crippen LogP contribution in [0, 0.1) is 5.82 Å². The van der Waals surface area contributed by atoms with Crippen LogP contribution >= 0.6 is 11.6 Å². The Hall–Kier alpha value is -0.640. The number of hydrogen-bond acceptors (Lipinski definition) is 2. The minimum absolute atomic E-state index is 0.309. The van der Waals surface area contributed by atoms with E-state index in [9.17, 15) is 4.39 Å². The van der Waals surface area contributed by atoms with E-state index < -0.39 is 0 Å². The molecule has 0 aliphatic heterocycles. The highest BCUT2D eigenvalue weighted by molar-refractivity contribution is 6.31.